The van der Waals surface area contributed by atoms with Crippen LogP contribution in [0.2, 0.25) is 0 Å². The Bertz CT molecular complexity index is 1250. The fraction of sp³-hybridized carbons (Fsp3) is 0.556. The number of piperazine rings is 1. The number of ketones is 1. The van der Waals surface area contributed by atoms with Gasteiger partial charge < -0.3 is 24.8 Å². The van der Waals surface area contributed by atoms with E-state index in [1.54, 1.807) is 6.07 Å². The van der Waals surface area contributed by atoms with Crippen LogP contribution in [0, 0.1) is 11.7 Å². The highest BCUT2D eigenvalue weighted by Gasteiger charge is 2.53. The molecular formula is C27H33ClFN5O4S. The SMILES string of the molecule is CCC(C)C(NC(=O)c1ccc(-c2csc(N3CCN(C)CC3)n2)c(F)c1)C(=O)N1CC(Cl)C2OCC(=O)C21. The number of likely N-dealkylation sites (N-methyl/N-ethyl adjacent to an activating group) is 1. The van der Waals surface area contributed by atoms with Crippen molar-refractivity contribution in [2.45, 2.75) is 43.8 Å². The van der Waals surface area contributed by atoms with Crippen molar-refractivity contribution >= 4 is 45.7 Å². The predicted octanol–water partition coefficient (Wildman–Crippen LogP) is 2.63. The molecule has 1 N–H and O–H groups in total. The maximum Gasteiger partial charge on any atom is 0.252 e. The third-order valence-electron chi connectivity index (χ3n) is 7.94. The van der Waals surface area contributed by atoms with Gasteiger partial charge in [-0.05, 0) is 31.2 Å². The first-order chi connectivity index (χ1) is 18.7. The summed E-state index contributed by atoms with van der Waals surface area (Å²) in [6, 6.07) is 2.62. The highest BCUT2D eigenvalue weighted by Crippen LogP contribution is 2.33. The summed E-state index contributed by atoms with van der Waals surface area (Å²) in [6.07, 6.45) is 0.0701. The van der Waals surface area contributed by atoms with E-state index >= 15 is 4.39 Å². The summed E-state index contributed by atoms with van der Waals surface area (Å²) in [6.45, 7) is 7.48. The van der Waals surface area contributed by atoms with Crippen LogP contribution in [0.15, 0.2) is 23.6 Å². The van der Waals surface area contributed by atoms with Crippen molar-refractivity contribution in [3.63, 3.8) is 0 Å². The molecule has 3 saturated heterocycles. The first-order valence-corrected chi connectivity index (χ1v) is 14.6. The van der Waals surface area contributed by atoms with Gasteiger partial charge in [0.1, 0.15) is 30.6 Å². The zero-order chi connectivity index (χ0) is 27.8. The lowest BCUT2D eigenvalue weighted by Crippen LogP contribution is -2.54. The number of ether oxygens (including phenoxy) is 1. The van der Waals surface area contributed by atoms with Crippen LogP contribution < -0.4 is 10.2 Å². The molecule has 12 heteroatoms. The van der Waals surface area contributed by atoms with Crippen molar-refractivity contribution in [2.75, 3.05) is 51.3 Å². The molecule has 1 aromatic heterocycles. The largest absolute Gasteiger partial charge is 0.366 e. The van der Waals surface area contributed by atoms with Gasteiger partial charge in [0.25, 0.3) is 5.91 Å². The van der Waals surface area contributed by atoms with E-state index in [1.165, 1.54) is 28.4 Å². The number of aromatic nitrogens is 1. The number of nitrogens with zero attached hydrogens (tertiary/aromatic N) is 4. The zero-order valence-corrected chi connectivity index (χ0v) is 23.8. The van der Waals surface area contributed by atoms with Crippen molar-refractivity contribution in [3.05, 3.63) is 35.0 Å². The lowest BCUT2D eigenvalue weighted by molar-refractivity contribution is -0.139. The number of carbonyl (C=O) groups excluding carboxylic acids is 3. The number of hydrogen-bond acceptors (Lipinski definition) is 8. The molecule has 5 rings (SSSR count). The topological polar surface area (TPSA) is 95.1 Å². The van der Waals surface area contributed by atoms with Gasteiger partial charge in [-0.3, -0.25) is 14.4 Å². The van der Waals surface area contributed by atoms with Crippen molar-refractivity contribution < 1.29 is 23.5 Å². The fourth-order valence-corrected chi connectivity index (χ4v) is 6.54. The van der Waals surface area contributed by atoms with E-state index in [-0.39, 0.29) is 36.3 Å². The molecule has 3 aliphatic rings. The number of amides is 2. The number of alkyl halides is 1. The second kappa shape index (κ2) is 11.5. The summed E-state index contributed by atoms with van der Waals surface area (Å²) in [5, 5.41) is 4.97. The van der Waals surface area contributed by atoms with Gasteiger partial charge in [-0.1, -0.05) is 20.3 Å². The van der Waals surface area contributed by atoms with Crippen LogP contribution in [-0.4, -0.2) is 102 Å². The average Bonchev–Trinajstić information content (AvgIpc) is 3.64. The Morgan fingerprint density at radius 3 is 2.72 bits per heavy atom. The van der Waals surface area contributed by atoms with Gasteiger partial charge in [0, 0.05) is 49.2 Å². The number of anilines is 1. The number of rotatable bonds is 7. The number of Topliss-reactive ketones (excluding diaryl/α,β-unsaturated/α-hetero) is 1. The molecule has 210 valence electrons. The average molecular weight is 578 g/mol. The molecule has 0 radical (unpaired) electrons. The summed E-state index contributed by atoms with van der Waals surface area (Å²) in [5.41, 5.74) is 0.934. The molecule has 4 heterocycles. The van der Waals surface area contributed by atoms with E-state index in [4.69, 9.17) is 16.3 Å². The highest BCUT2D eigenvalue weighted by molar-refractivity contribution is 7.14. The summed E-state index contributed by atoms with van der Waals surface area (Å²) in [4.78, 5) is 49.7. The number of benzene rings is 1. The Morgan fingerprint density at radius 2 is 2.03 bits per heavy atom. The highest BCUT2D eigenvalue weighted by atomic mass is 35.5. The first kappa shape index (κ1) is 27.9. The fourth-order valence-electron chi connectivity index (χ4n) is 5.31. The molecule has 5 unspecified atom stereocenters. The Kier molecular flexibility index (Phi) is 8.23. The van der Waals surface area contributed by atoms with E-state index in [0.717, 1.165) is 31.3 Å². The second-order valence-electron chi connectivity index (χ2n) is 10.5. The molecule has 2 aromatic rings. The van der Waals surface area contributed by atoms with Crippen molar-refractivity contribution in [1.29, 1.82) is 0 Å². The van der Waals surface area contributed by atoms with Gasteiger partial charge in [-0.25, -0.2) is 9.37 Å². The van der Waals surface area contributed by atoms with Crippen LogP contribution in [0.5, 0.6) is 0 Å². The lowest BCUT2D eigenvalue weighted by atomic mass is 9.96. The summed E-state index contributed by atoms with van der Waals surface area (Å²) >= 11 is 7.84. The van der Waals surface area contributed by atoms with Crippen LogP contribution >= 0.6 is 22.9 Å². The Morgan fingerprint density at radius 1 is 1.28 bits per heavy atom. The third-order valence-corrected chi connectivity index (χ3v) is 9.23. The number of halogens is 2. The van der Waals surface area contributed by atoms with Gasteiger partial charge in [0.15, 0.2) is 10.9 Å². The number of fused-ring (bicyclic) bond motifs is 1. The normalized spacial score (nSPS) is 25.1. The molecule has 1 aromatic carbocycles. The molecule has 5 atom stereocenters. The summed E-state index contributed by atoms with van der Waals surface area (Å²) in [5.74, 6) is -1.93. The Labute approximate surface area is 236 Å². The monoisotopic (exact) mass is 577 g/mol. The van der Waals surface area contributed by atoms with E-state index in [1.807, 2.05) is 19.2 Å². The molecule has 0 bridgehead atoms. The molecule has 0 aliphatic carbocycles. The molecule has 39 heavy (non-hydrogen) atoms. The van der Waals surface area contributed by atoms with Crippen LogP contribution in [0.4, 0.5) is 9.52 Å². The molecule has 0 saturated carbocycles. The molecule has 2 amide bonds. The lowest BCUT2D eigenvalue weighted by Gasteiger charge is -2.32. The summed E-state index contributed by atoms with van der Waals surface area (Å²) < 4.78 is 20.7. The van der Waals surface area contributed by atoms with Crippen LogP contribution in [0.3, 0.4) is 0 Å². The minimum atomic E-state index is -0.897. The van der Waals surface area contributed by atoms with Crippen LogP contribution in [0.25, 0.3) is 11.3 Å². The third kappa shape index (κ3) is 5.54. The van der Waals surface area contributed by atoms with Gasteiger partial charge in [0.05, 0.1) is 11.1 Å². The van der Waals surface area contributed by atoms with E-state index in [0.29, 0.717) is 17.7 Å². The number of nitrogens with one attached hydrogen (secondary N) is 1. The Balaban J connectivity index is 1.30. The maximum atomic E-state index is 15.2. The molecule has 3 fully saturated rings. The van der Waals surface area contributed by atoms with Crippen LogP contribution in [0.1, 0.15) is 30.6 Å². The molecule has 3 aliphatic heterocycles. The van der Waals surface area contributed by atoms with Gasteiger partial charge in [-0.15, -0.1) is 22.9 Å². The quantitative estimate of drug-likeness (QED) is 0.506. The minimum Gasteiger partial charge on any atom is -0.366 e. The van der Waals surface area contributed by atoms with Crippen molar-refractivity contribution in [2.24, 2.45) is 5.92 Å². The zero-order valence-electron chi connectivity index (χ0n) is 22.2. The number of likely N-dealkylation sites (tertiary alicyclic amines) is 1. The molecule has 9 nitrogen and oxygen atoms in total. The van der Waals surface area contributed by atoms with Crippen molar-refractivity contribution in [1.82, 2.24) is 20.1 Å². The number of hydrogen-bond donors (Lipinski definition) is 1. The molecular weight excluding hydrogens is 545 g/mol. The van der Waals surface area contributed by atoms with Gasteiger partial charge >= 0.3 is 0 Å². The second-order valence-corrected chi connectivity index (χ2v) is 11.9. The first-order valence-electron chi connectivity index (χ1n) is 13.3. The summed E-state index contributed by atoms with van der Waals surface area (Å²) in [7, 11) is 2.08. The smallest absolute Gasteiger partial charge is 0.252 e. The molecule has 0 spiro atoms. The minimum absolute atomic E-state index is 0.0792. The number of carbonyl (C=O) groups is 3. The van der Waals surface area contributed by atoms with E-state index in [9.17, 15) is 14.4 Å². The van der Waals surface area contributed by atoms with E-state index in [2.05, 4.69) is 27.1 Å². The predicted molar refractivity (Wildman–Crippen MR) is 148 cm³/mol. The Hall–Kier alpha value is -2.60. The number of thiazole rings is 1. The standard InChI is InChI=1S/C27H33ClFN5O4S/c1-4-15(2)22(26(37)34-12-18(28)24-23(34)21(35)13-38-24)31-25(36)16-5-6-17(19(29)11-16)20-14-39-27(30-20)33-9-7-32(3)8-10-33/h5-6,11,14-15,18,22-24H,4,7-10,12-13H2,1-3H3,(H,31,36). The van der Waals surface area contributed by atoms with Crippen LogP contribution in [-0.2, 0) is 14.3 Å². The van der Waals surface area contributed by atoms with Gasteiger partial charge in [0.2, 0.25) is 5.91 Å². The van der Waals surface area contributed by atoms with Gasteiger partial charge in [-0.2, -0.15) is 0 Å². The van der Waals surface area contributed by atoms with E-state index < -0.39 is 35.3 Å². The van der Waals surface area contributed by atoms with Crippen molar-refractivity contribution in [3.8, 4) is 11.3 Å². The maximum absolute atomic E-state index is 15.2.